The van der Waals surface area contributed by atoms with E-state index in [4.69, 9.17) is 5.11 Å². The van der Waals surface area contributed by atoms with Crippen LogP contribution in [0.25, 0.3) is 0 Å². The van der Waals surface area contributed by atoms with E-state index < -0.39 is 0 Å². The Morgan fingerprint density at radius 1 is 1.29 bits per heavy atom. The molecule has 1 N–H and O–H groups in total. The molecule has 0 saturated carbocycles. The zero-order valence-corrected chi connectivity index (χ0v) is 9.75. The van der Waals surface area contributed by atoms with E-state index >= 15 is 0 Å². The van der Waals surface area contributed by atoms with Crippen molar-refractivity contribution in [3.8, 4) is 0 Å². The van der Waals surface area contributed by atoms with Crippen LogP contribution in [0.15, 0.2) is 36.0 Å². The normalized spacial score (nSPS) is 17.8. The molecule has 0 aromatic rings. The summed E-state index contributed by atoms with van der Waals surface area (Å²) in [5.74, 6) is 0.748. The summed E-state index contributed by atoms with van der Waals surface area (Å²) in [6, 6.07) is 0. The minimum absolute atomic E-state index is 0.247. The molecule has 0 amide bonds. The van der Waals surface area contributed by atoms with Crippen molar-refractivity contribution >= 4 is 0 Å². The van der Waals surface area contributed by atoms with Crippen LogP contribution in [0, 0.1) is 11.8 Å². The van der Waals surface area contributed by atoms with E-state index in [9.17, 15) is 0 Å². The molecular formula is C13H22O. The summed E-state index contributed by atoms with van der Waals surface area (Å²) in [6.07, 6.45) is 6.00. The van der Waals surface area contributed by atoms with Crippen LogP contribution in [0.2, 0.25) is 0 Å². The lowest BCUT2D eigenvalue weighted by atomic mass is 9.90. The number of hydrogen-bond donors (Lipinski definition) is 1. The number of aliphatic hydroxyl groups excluding tert-OH is 1. The van der Waals surface area contributed by atoms with Crippen LogP contribution < -0.4 is 0 Å². The summed E-state index contributed by atoms with van der Waals surface area (Å²) in [5.41, 5.74) is 2.46. The van der Waals surface area contributed by atoms with Gasteiger partial charge in [-0.15, -0.1) is 0 Å². The summed E-state index contributed by atoms with van der Waals surface area (Å²) < 4.78 is 0. The molecule has 0 aliphatic rings. The first-order valence-corrected chi connectivity index (χ1v) is 5.11. The Bertz CT molecular complexity index is 236. The fraction of sp³-hybridized carbons (Fsp3) is 0.538. The minimum Gasteiger partial charge on any atom is -0.396 e. The first-order chi connectivity index (χ1) is 6.52. The summed E-state index contributed by atoms with van der Waals surface area (Å²) in [5, 5.41) is 9.02. The quantitative estimate of drug-likeness (QED) is 0.666. The Labute approximate surface area is 87.8 Å². The fourth-order valence-electron chi connectivity index (χ4n) is 1.09. The van der Waals surface area contributed by atoms with Gasteiger partial charge >= 0.3 is 0 Å². The molecule has 80 valence electrons. The van der Waals surface area contributed by atoms with Crippen LogP contribution >= 0.6 is 0 Å². The van der Waals surface area contributed by atoms with Crippen molar-refractivity contribution in [1.29, 1.82) is 0 Å². The highest BCUT2D eigenvalue weighted by molar-refractivity contribution is 5.23. The predicted molar refractivity (Wildman–Crippen MR) is 63.1 cm³/mol. The second-order valence-corrected chi connectivity index (χ2v) is 3.97. The van der Waals surface area contributed by atoms with E-state index in [0.717, 1.165) is 5.57 Å². The van der Waals surface area contributed by atoms with Crippen molar-refractivity contribution in [3.05, 3.63) is 36.0 Å². The van der Waals surface area contributed by atoms with E-state index in [-0.39, 0.29) is 6.61 Å². The molecule has 0 saturated heterocycles. The minimum atomic E-state index is 0.247. The van der Waals surface area contributed by atoms with Crippen molar-refractivity contribution in [2.45, 2.75) is 27.7 Å². The maximum Gasteiger partial charge on any atom is 0.0462 e. The van der Waals surface area contributed by atoms with E-state index in [1.165, 1.54) is 5.57 Å². The van der Waals surface area contributed by atoms with Gasteiger partial charge in [-0.2, -0.15) is 0 Å². The first kappa shape index (κ1) is 13.2. The largest absolute Gasteiger partial charge is 0.396 e. The molecule has 0 aromatic carbocycles. The standard InChI is InChI=1S/C13H22O/c1-6-10(2)7-8-11(3)13(5)12(4)9-14/h6-8,12-14H,1,9H2,2-5H3/b10-7-,11-8+. The van der Waals surface area contributed by atoms with E-state index in [0.29, 0.717) is 11.8 Å². The van der Waals surface area contributed by atoms with Gasteiger partial charge in [0.05, 0.1) is 0 Å². The Morgan fingerprint density at radius 3 is 2.29 bits per heavy atom. The van der Waals surface area contributed by atoms with Gasteiger partial charge in [-0.05, 0) is 25.7 Å². The molecule has 0 aliphatic carbocycles. The average molecular weight is 194 g/mol. The molecule has 0 radical (unpaired) electrons. The van der Waals surface area contributed by atoms with Gasteiger partial charge < -0.3 is 5.11 Å². The maximum atomic E-state index is 9.02. The molecule has 0 rings (SSSR count). The van der Waals surface area contributed by atoms with Crippen LogP contribution in [-0.4, -0.2) is 11.7 Å². The molecule has 2 atom stereocenters. The summed E-state index contributed by atoms with van der Waals surface area (Å²) in [4.78, 5) is 0. The van der Waals surface area contributed by atoms with E-state index in [1.807, 2.05) is 13.0 Å². The molecular weight excluding hydrogens is 172 g/mol. The SMILES string of the molecule is C=C/C(C)=C\C=C(/C)C(C)C(C)CO. The second-order valence-electron chi connectivity index (χ2n) is 3.97. The third-order valence-corrected chi connectivity index (χ3v) is 2.79. The van der Waals surface area contributed by atoms with Gasteiger partial charge in [-0.3, -0.25) is 0 Å². The molecule has 2 unspecified atom stereocenters. The van der Waals surface area contributed by atoms with Gasteiger partial charge in [0.2, 0.25) is 0 Å². The fourth-order valence-corrected chi connectivity index (χ4v) is 1.09. The zero-order chi connectivity index (χ0) is 11.1. The Hall–Kier alpha value is -0.820. The lowest BCUT2D eigenvalue weighted by Crippen LogP contribution is -2.12. The predicted octanol–water partition coefficient (Wildman–Crippen LogP) is 3.33. The molecule has 0 heterocycles. The van der Waals surface area contributed by atoms with E-state index in [2.05, 4.69) is 39.5 Å². The van der Waals surface area contributed by atoms with Gasteiger partial charge in [0, 0.05) is 6.61 Å². The van der Waals surface area contributed by atoms with Gasteiger partial charge in [0.1, 0.15) is 0 Å². The Kier molecular flexibility index (Phi) is 6.22. The Balaban J connectivity index is 4.44. The van der Waals surface area contributed by atoms with Gasteiger partial charge in [-0.25, -0.2) is 0 Å². The molecule has 0 fully saturated rings. The highest BCUT2D eigenvalue weighted by atomic mass is 16.3. The van der Waals surface area contributed by atoms with Crippen LogP contribution in [0.1, 0.15) is 27.7 Å². The van der Waals surface area contributed by atoms with E-state index in [1.54, 1.807) is 0 Å². The first-order valence-electron chi connectivity index (χ1n) is 5.11. The zero-order valence-electron chi connectivity index (χ0n) is 9.75. The van der Waals surface area contributed by atoms with Crippen LogP contribution in [-0.2, 0) is 0 Å². The molecule has 1 heteroatoms. The molecule has 0 aliphatic heterocycles. The number of rotatable bonds is 5. The van der Waals surface area contributed by atoms with Crippen molar-refractivity contribution in [2.24, 2.45) is 11.8 Å². The van der Waals surface area contributed by atoms with Crippen molar-refractivity contribution < 1.29 is 5.11 Å². The monoisotopic (exact) mass is 194 g/mol. The summed E-state index contributed by atoms with van der Waals surface area (Å²) >= 11 is 0. The smallest absolute Gasteiger partial charge is 0.0462 e. The summed E-state index contributed by atoms with van der Waals surface area (Å²) in [7, 11) is 0. The second kappa shape index (κ2) is 6.61. The molecule has 14 heavy (non-hydrogen) atoms. The number of aliphatic hydroxyl groups is 1. The molecule has 0 spiro atoms. The van der Waals surface area contributed by atoms with Crippen LogP contribution in [0.5, 0.6) is 0 Å². The highest BCUT2D eigenvalue weighted by Crippen LogP contribution is 2.19. The summed E-state index contributed by atoms with van der Waals surface area (Å²) in [6.45, 7) is 12.3. The maximum absolute atomic E-state index is 9.02. The van der Waals surface area contributed by atoms with Gasteiger partial charge in [-0.1, -0.05) is 49.8 Å². The third-order valence-electron chi connectivity index (χ3n) is 2.79. The lowest BCUT2D eigenvalue weighted by molar-refractivity contribution is 0.208. The molecule has 1 nitrogen and oxygen atoms in total. The van der Waals surface area contributed by atoms with Crippen LogP contribution in [0.4, 0.5) is 0 Å². The van der Waals surface area contributed by atoms with Gasteiger partial charge in [0.15, 0.2) is 0 Å². The van der Waals surface area contributed by atoms with Crippen molar-refractivity contribution in [3.63, 3.8) is 0 Å². The number of allylic oxidation sites excluding steroid dienone is 5. The topological polar surface area (TPSA) is 20.2 Å². The van der Waals surface area contributed by atoms with Crippen molar-refractivity contribution in [2.75, 3.05) is 6.61 Å². The number of hydrogen-bond acceptors (Lipinski definition) is 1. The Morgan fingerprint density at radius 2 is 1.86 bits per heavy atom. The highest BCUT2D eigenvalue weighted by Gasteiger charge is 2.11. The lowest BCUT2D eigenvalue weighted by Gasteiger charge is -2.17. The van der Waals surface area contributed by atoms with Gasteiger partial charge in [0.25, 0.3) is 0 Å². The average Bonchev–Trinajstić information content (AvgIpc) is 2.22. The molecule has 0 bridgehead atoms. The molecule has 0 aromatic heterocycles. The van der Waals surface area contributed by atoms with Crippen LogP contribution in [0.3, 0.4) is 0 Å². The third kappa shape index (κ3) is 4.43. The van der Waals surface area contributed by atoms with Crippen molar-refractivity contribution in [1.82, 2.24) is 0 Å².